The Hall–Kier alpha value is -1.79. The summed E-state index contributed by atoms with van der Waals surface area (Å²) in [5.74, 6) is 1.59. The van der Waals surface area contributed by atoms with Gasteiger partial charge in [-0.25, -0.2) is 0 Å². The molecule has 112 valence electrons. The normalized spacial score (nSPS) is 12.0. The van der Waals surface area contributed by atoms with Crippen LogP contribution in [0.1, 0.15) is 11.5 Å². The highest BCUT2D eigenvalue weighted by atomic mass is 79.9. The van der Waals surface area contributed by atoms with E-state index in [0.717, 1.165) is 10.2 Å². The minimum Gasteiger partial charge on any atom is -0.486 e. The quantitative estimate of drug-likeness (QED) is 0.808. The summed E-state index contributed by atoms with van der Waals surface area (Å²) in [5, 5.41) is 0. The Bertz CT molecular complexity index is 594. The Morgan fingerprint density at radius 2 is 1.90 bits per heavy atom. The van der Waals surface area contributed by atoms with Gasteiger partial charge in [0, 0.05) is 10.9 Å². The lowest BCUT2D eigenvalue weighted by atomic mass is 10.2. The largest absolute Gasteiger partial charge is 0.486 e. The molecule has 2 aromatic rings. The van der Waals surface area contributed by atoms with Crippen LogP contribution in [-0.2, 0) is 22.6 Å². The first-order chi connectivity index (χ1) is 10.1. The molecule has 0 saturated heterocycles. The van der Waals surface area contributed by atoms with E-state index in [1.54, 1.807) is 12.1 Å². The van der Waals surface area contributed by atoms with E-state index in [2.05, 4.69) is 20.7 Å². The first-order valence-electron chi connectivity index (χ1n) is 6.38. The predicted octanol–water partition coefficient (Wildman–Crippen LogP) is 2.66. The van der Waals surface area contributed by atoms with Gasteiger partial charge in [0.25, 0.3) is 0 Å². The Morgan fingerprint density at radius 1 is 1.24 bits per heavy atom. The smallest absolute Gasteiger partial charge is 0.323 e. The zero-order valence-electron chi connectivity index (χ0n) is 11.5. The van der Waals surface area contributed by atoms with Crippen LogP contribution in [0.15, 0.2) is 45.3 Å². The molecule has 0 spiro atoms. The van der Waals surface area contributed by atoms with Gasteiger partial charge in [0.15, 0.2) is 0 Å². The number of halogens is 1. The summed E-state index contributed by atoms with van der Waals surface area (Å²) in [4.78, 5) is 11.2. The zero-order chi connectivity index (χ0) is 15.2. The lowest BCUT2D eigenvalue weighted by Gasteiger charge is -2.07. The van der Waals surface area contributed by atoms with E-state index in [1.165, 1.54) is 7.11 Å². The van der Waals surface area contributed by atoms with Gasteiger partial charge in [-0.1, -0.05) is 15.9 Å². The number of hydrogen-bond donors (Lipinski definition) is 1. The second-order valence-corrected chi connectivity index (χ2v) is 5.36. The first kappa shape index (κ1) is 15.6. The molecule has 0 aliphatic carbocycles. The van der Waals surface area contributed by atoms with Gasteiger partial charge >= 0.3 is 5.97 Å². The molecule has 0 aliphatic heterocycles. The molecule has 0 aliphatic rings. The van der Waals surface area contributed by atoms with Crippen molar-refractivity contribution >= 4 is 21.9 Å². The van der Waals surface area contributed by atoms with Crippen LogP contribution in [0.3, 0.4) is 0 Å². The number of benzene rings is 1. The van der Waals surface area contributed by atoms with Gasteiger partial charge in [0.1, 0.15) is 29.9 Å². The van der Waals surface area contributed by atoms with E-state index in [0.29, 0.717) is 24.5 Å². The SMILES string of the molecule is COC(=O)C(N)Cc1ccc(COc2ccc(Br)cc2)o1. The fraction of sp³-hybridized carbons (Fsp3) is 0.267. The standard InChI is InChI=1S/C15H16BrNO4/c1-19-15(18)14(17)8-12-6-7-13(21-12)9-20-11-4-2-10(16)3-5-11/h2-7,14H,8-9,17H2,1H3. The van der Waals surface area contributed by atoms with Crippen LogP contribution >= 0.6 is 15.9 Å². The van der Waals surface area contributed by atoms with Crippen LogP contribution < -0.4 is 10.5 Å². The van der Waals surface area contributed by atoms with Gasteiger partial charge in [0.2, 0.25) is 0 Å². The Kier molecular flexibility index (Phi) is 5.41. The number of ether oxygens (including phenoxy) is 2. The highest BCUT2D eigenvalue weighted by molar-refractivity contribution is 9.10. The van der Waals surface area contributed by atoms with Gasteiger partial charge in [-0.2, -0.15) is 0 Å². The molecule has 2 N–H and O–H groups in total. The molecule has 0 radical (unpaired) electrons. The summed E-state index contributed by atoms with van der Waals surface area (Å²) in [7, 11) is 1.31. The summed E-state index contributed by atoms with van der Waals surface area (Å²) >= 11 is 3.36. The molecule has 0 bridgehead atoms. The molecule has 6 heteroatoms. The maximum absolute atomic E-state index is 11.2. The Balaban J connectivity index is 1.88. The van der Waals surface area contributed by atoms with Gasteiger partial charge in [-0.05, 0) is 36.4 Å². The maximum Gasteiger partial charge on any atom is 0.323 e. The maximum atomic E-state index is 11.2. The molecule has 0 fully saturated rings. The average Bonchev–Trinajstić information content (AvgIpc) is 2.93. The number of esters is 1. The summed E-state index contributed by atoms with van der Waals surface area (Å²) in [6, 6.07) is 10.4. The molecule has 0 amide bonds. The average molecular weight is 354 g/mol. The lowest BCUT2D eigenvalue weighted by Crippen LogP contribution is -2.33. The second-order valence-electron chi connectivity index (χ2n) is 4.44. The number of rotatable bonds is 6. The molecule has 1 aromatic carbocycles. The van der Waals surface area contributed by atoms with E-state index < -0.39 is 12.0 Å². The van der Waals surface area contributed by atoms with E-state index in [9.17, 15) is 4.79 Å². The van der Waals surface area contributed by atoms with Crippen molar-refractivity contribution in [3.8, 4) is 5.75 Å². The molecule has 1 unspecified atom stereocenters. The van der Waals surface area contributed by atoms with Crippen molar-refractivity contribution in [2.45, 2.75) is 19.1 Å². The van der Waals surface area contributed by atoms with Crippen molar-refractivity contribution in [1.29, 1.82) is 0 Å². The van der Waals surface area contributed by atoms with Gasteiger partial charge in [-0.15, -0.1) is 0 Å². The lowest BCUT2D eigenvalue weighted by molar-refractivity contribution is -0.142. The summed E-state index contributed by atoms with van der Waals surface area (Å²) in [5.41, 5.74) is 5.68. The molecule has 0 saturated carbocycles. The second kappa shape index (κ2) is 7.28. The third-order valence-electron chi connectivity index (χ3n) is 2.84. The van der Waals surface area contributed by atoms with Crippen LogP contribution in [0.25, 0.3) is 0 Å². The molecule has 1 atom stereocenters. The summed E-state index contributed by atoms with van der Waals surface area (Å²) < 4.78 is 16.7. The van der Waals surface area contributed by atoms with Crippen molar-refractivity contribution in [1.82, 2.24) is 0 Å². The predicted molar refractivity (Wildman–Crippen MR) is 80.9 cm³/mol. The van der Waals surface area contributed by atoms with Crippen molar-refractivity contribution < 1.29 is 18.7 Å². The molecule has 1 heterocycles. The van der Waals surface area contributed by atoms with Crippen LogP contribution in [-0.4, -0.2) is 19.1 Å². The first-order valence-corrected chi connectivity index (χ1v) is 7.17. The molecule has 5 nitrogen and oxygen atoms in total. The Morgan fingerprint density at radius 3 is 2.57 bits per heavy atom. The molecule has 2 rings (SSSR count). The van der Waals surface area contributed by atoms with Crippen LogP contribution in [0.2, 0.25) is 0 Å². The van der Waals surface area contributed by atoms with Crippen molar-refractivity contribution in [2.24, 2.45) is 5.73 Å². The Labute approximate surface area is 131 Å². The van der Waals surface area contributed by atoms with Crippen molar-refractivity contribution in [3.63, 3.8) is 0 Å². The zero-order valence-corrected chi connectivity index (χ0v) is 13.1. The van der Waals surface area contributed by atoms with Gasteiger partial charge in [-0.3, -0.25) is 4.79 Å². The number of carbonyl (C=O) groups is 1. The fourth-order valence-electron chi connectivity index (χ4n) is 1.75. The van der Waals surface area contributed by atoms with Crippen molar-refractivity contribution in [2.75, 3.05) is 7.11 Å². The van der Waals surface area contributed by atoms with E-state index in [1.807, 2.05) is 24.3 Å². The minimum atomic E-state index is -0.721. The number of furan rings is 1. The number of methoxy groups -OCH3 is 1. The fourth-order valence-corrected chi connectivity index (χ4v) is 2.01. The van der Waals surface area contributed by atoms with Crippen molar-refractivity contribution in [3.05, 3.63) is 52.4 Å². The number of carbonyl (C=O) groups excluding carboxylic acids is 1. The topological polar surface area (TPSA) is 74.7 Å². The van der Waals surface area contributed by atoms with E-state index >= 15 is 0 Å². The third-order valence-corrected chi connectivity index (χ3v) is 3.37. The van der Waals surface area contributed by atoms with Crippen LogP contribution in [0, 0.1) is 0 Å². The monoisotopic (exact) mass is 353 g/mol. The molecule has 1 aromatic heterocycles. The third kappa shape index (κ3) is 4.61. The van der Waals surface area contributed by atoms with E-state index in [4.69, 9.17) is 14.9 Å². The highest BCUT2D eigenvalue weighted by Gasteiger charge is 2.16. The number of hydrogen-bond acceptors (Lipinski definition) is 5. The number of nitrogens with two attached hydrogens (primary N) is 1. The van der Waals surface area contributed by atoms with Gasteiger partial charge < -0.3 is 19.6 Å². The van der Waals surface area contributed by atoms with Gasteiger partial charge in [0.05, 0.1) is 7.11 Å². The van der Waals surface area contributed by atoms with Crippen LogP contribution in [0.5, 0.6) is 5.75 Å². The molecular weight excluding hydrogens is 338 g/mol. The molecule has 21 heavy (non-hydrogen) atoms. The van der Waals surface area contributed by atoms with E-state index in [-0.39, 0.29) is 0 Å². The highest BCUT2D eigenvalue weighted by Crippen LogP contribution is 2.18. The summed E-state index contributed by atoms with van der Waals surface area (Å²) in [6.07, 6.45) is 0.297. The van der Waals surface area contributed by atoms with Crippen LogP contribution in [0.4, 0.5) is 0 Å². The molecular formula is C15H16BrNO4. The summed E-state index contributed by atoms with van der Waals surface area (Å²) in [6.45, 7) is 0.315. The minimum absolute atomic E-state index is 0.297.